The molecule has 1 aromatic carbocycles. The molecule has 0 aromatic heterocycles. The van der Waals surface area contributed by atoms with Crippen LogP contribution in [0.2, 0.25) is 0 Å². The summed E-state index contributed by atoms with van der Waals surface area (Å²) in [5.74, 6) is -0.664. The molecule has 1 aliphatic heterocycles. The molecule has 90 valence electrons. The summed E-state index contributed by atoms with van der Waals surface area (Å²) in [5.41, 5.74) is 5.20. The van der Waals surface area contributed by atoms with Gasteiger partial charge in [-0.1, -0.05) is 6.07 Å². The third-order valence-corrected chi connectivity index (χ3v) is 3.89. The topological polar surface area (TPSA) is 95.9 Å². The molecule has 5 nitrogen and oxygen atoms in total. The van der Waals surface area contributed by atoms with E-state index in [2.05, 4.69) is 4.99 Å². The molecule has 0 radical (unpaired) electrons. The van der Waals surface area contributed by atoms with E-state index < -0.39 is 11.5 Å². The van der Waals surface area contributed by atoms with E-state index in [0.717, 1.165) is 0 Å². The monoisotopic (exact) mass is 252 g/mol. The number of carbonyl (C=O) groups is 1. The molecule has 1 aliphatic rings. The standard InChI is InChI=1S/C11H12N2O3S/c1-11(10(15)16)5-17-9(13-11)6-3-2-4-7(12)8(6)14/h2-4,14H,5,12H2,1H3,(H,15,16)/t11-/m1/s1. The first-order chi connectivity index (χ1) is 7.94. The molecule has 1 atom stereocenters. The third-order valence-electron chi connectivity index (χ3n) is 2.60. The Hall–Kier alpha value is -1.69. The zero-order valence-electron chi connectivity index (χ0n) is 9.17. The van der Waals surface area contributed by atoms with Gasteiger partial charge in [0.15, 0.2) is 5.54 Å². The molecular weight excluding hydrogens is 240 g/mol. The number of rotatable bonds is 2. The second kappa shape index (κ2) is 3.96. The molecule has 0 bridgehead atoms. The number of thioether (sulfide) groups is 1. The number of anilines is 1. The Balaban J connectivity index is 2.43. The fourth-order valence-corrected chi connectivity index (χ4v) is 2.67. The van der Waals surface area contributed by atoms with Gasteiger partial charge in [0.05, 0.1) is 11.3 Å². The van der Waals surface area contributed by atoms with Crippen molar-refractivity contribution < 1.29 is 15.0 Å². The summed E-state index contributed by atoms with van der Waals surface area (Å²) in [7, 11) is 0. The molecule has 6 heteroatoms. The number of carboxylic acid groups (broad SMARTS) is 1. The number of hydrogen-bond donors (Lipinski definition) is 3. The van der Waals surface area contributed by atoms with E-state index in [-0.39, 0.29) is 11.4 Å². The molecule has 0 spiro atoms. The van der Waals surface area contributed by atoms with Gasteiger partial charge in [-0.15, -0.1) is 11.8 Å². The summed E-state index contributed by atoms with van der Waals surface area (Å²) in [6.07, 6.45) is 0. The van der Waals surface area contributed by atoms with Crippen molar-refractivity contribution in [3.63, 3.8) is 0 Å². The molecule has 0 aliphatic carbocycles. The van der Waals surface area contributed by atoms with Gasteiger partial charge in [0.1, 0.15) is 10.8 Å². The van der Waals surface area contributed by atoms with Gasteiger partial charge in [-0.25, -0.2) is 4.79 Å². The molecule has 4 N–H and O–H groups in total. The minimum absolute atomic E-state index is 0.0478. The number of aliphatic imine (C=N–C) groups is 1. The molecule has 0 unspecified atom stereocenters. The number of para-hydroxylation sites is 1. The van der Waals surface area contributed by atoms with Crippen LogP contribution in [0.5, 0.6) is 5.75 Å². The van der Waals surface area contributed by atoms with Gasteiger partial charge in [-0.3, -0.25) is 4.99 Å². The molecule has 1 aromatic rings. The van der Waals surface area contributed by atoms with Crippen molar-refractivity contribution in [3.05, 3.63) is 23.8 Å². The smallest absolute Gasteiger partial charge is 0.332 e. The summed E-state index contributed by atoms with van der Waals surface area (Å²) < 4.78 is 0. The van der Waals surface area contributed by atoms with Gasteiger partial charge >= 0.3 is 5.97 Å². The van der Waals surface area contributed by atoms with Gasteiger partial charge < -0.3 is 15.9 Å². The number of aliphatic carboxylic acids is 1. The van der Waals surface area contributed by atoms with E-state index in [0.29, 0.717) is 16.4 Å². The van der Waals surface area contributed by atoms with Gasteiger partial charge in [0.25, 0.3) is 0 Å². The average molecular weight is 252 g/mol. The molecule has 2 rings (SSSR count). The first-order valence-corrected chi connectivity index (χ1v) is 5.96. The van der Waals surface area contributed by atoms with Gasteiger partial charge in [0.2, 0.25) is 0 Å². The highest BCUT2D eigenvalue weighted by molar-refractivity contribution is 8.14. The quantitative estimate of drug-likeness (QED) is 0.545. The van der Waals surface area contributed by atoms with Crippen LogP contribution in [0.25, 0.3) is 0 Å². The summed E-state index contributed by atoms with van der Waals surface area (Å²) in [6.45, 7) is 1.55. The molecule has 0 amide bonds. The van der Waals surface area contributed by atoms with Crippen molar-refractivity contribution in [1.82, 2.24) is 0 Å². The number of nitrogens with zero attached hydrogens (tertiary/aromatic N) is 1. The lowest BCUT2D eigenvalue weighted by molar-refractivity contribution is -0.141. The number of aromatic hydroxyl groups is 1. The van der Waals surface area contributed by atoms with E-state index in [1.54, 1.807) is 25.1 Å². The third kappa shape index (κ3) is 1.95. The lowest BCUT2D eigenvalue weighted by atomic mass is 10.1. The molecule has 0 fully saturated rings. The zero-order chi connectivity index (χ0) is 12.6. The van der Waals surface area contributed by atoms with Gasteiger partial charge in [-0.2, -0.15) is 0 Å². The number of phenolic OH excluding ortho intramolecular Hbond substituents is 1. The van der Waals surface area contributed by atoms with E-state index in [1.165, 1.54) is 11.8 Å². The number of hydrogen-bond acceptors (Lipinski definition) is 5. The number of carboxylic acids is 1. The molecule has 1 heterocycles. The van der Waals surface area contributed by atoms with Crippen molar-refractivity contribution >= 4 is 28.5 Å². The number of nitrogen functional groups attached to an aromatic ring is 1. The highest BCUT2D eigenvalue weighted by Crippen LogP contribution is 2.35. The van der Waals surface area contributed by atoms with Crippen LogP contribution in [0.4, 0.5) is 5.69 Å². The summed E-state index contributed by atoms with van der Waals surface area (Å²) in [6, 6.07) is 4.95. The van der Waals surface area contributed by atoms with Crippen LogP contribution in [-0.4, -0.2) is 32.5 Å². The van der Waals surface area contributed by atoms with Crippen molar-refractivity contribution in [3.8, 4) is 5.75 Å². The fraction of sp³-hybridized carbons (Fsp3) is 0.273. The fourth-order valence-electron chi connectivity index (χ4n) is 1.48. The maximum atomic E-state index is 11.0. The Morgan fingerprint density at radius 2 is 2.29 bits per heavy atom. The van der Waals surface area contributed by atoms with Crippen molar-refractivity contribution in [2.24, 2.45) is 4.99 Å². The van der Waals surface area contributed by atoms with Crippen molar-refractivity contribution in [2.45, 2.75) is 12.5 Å². The van der Waals surface area contributed by atoms with Crippen LogP contribution >= 0.6 is 11.8 Å². The van der Waals surface area contributed by atoms with E-state index in [1.807, 2.05) is 0 Å². The molecule has 17 heavy (non-hydrogen) atoms. The Bertz CT molecular complexity index is 515. The largest absolute Gasteiger partial charge is 0.505 e. The average Bonchev–Trinajstić information content (AvgIpc) is 2.66. The second-order valence-corrected chi connectivity index (χ2v) is 4.99. The van der Waals surface area contributed by atoms with E-state index in [9.17, 15) is 9.90 Å². The van der Waals surface area contributed by atoms with Crippen LogP contribution < -0.4 is 5.73 Å². The Morgan fingerprint density at radius 1 is 1.59 bits per heavy atom. The molecular formula is C11H12N2O3S. The van der Waals surface area contributed by atoms with Crippen LogP contribution in [0.3, 0.4) is 0 Å². The van der Waals surface area contributed by atoms with E-state index >= 15 is 0 Å². The first kappa shape index (κ1) is 11.8. The second-order valence-electron chi connectivity index (χ2n) is 4.03. The van der Waals surface area contributed by atoms with Gasteiger partial charge in [0, 0.05) is 5.75 Å². The normalized spacial score (nSPS) is 23.5. The minimum Gasteiger partial charge on any atom is -0.505 e. The van der Waals surface area contributed by atoms with E-state index in [4.69, 9.17) is 10.8 Å². The summed E-state index contributed by atoms with van der Waals surface area (Å²) in [5, 5.41) is 19.4. The maximum absolute atomic E-state index is 11.0. The lowest BCUT2D eigenvalue weighted by Crippen LogP contribution is -2.33. The molecule has 0 saturated carbocycles. The van der Waals surface area contributed by atoms with Crippen LogP contribution in [0.1, 0.15) is 12.5 Å². The highest BCUT2D eigenvalue weighted by atomic mass is 32.2. The Labute approximate surface area is 102 Å². The first-order valence-electron chi connectivity index (χ1n) is 4.98. The number of nitrogens with two attached hydrogens (primary N) is 1. The Morgan fingerprint density at radius 3 is 2.88 bits per heavy atom. The lowest BCUT2D eigenvalue weighted by Gasteiger charge is -2.11. The van der Waals surface area contributed by atoms with Crippen LogP contribution in [0, 0.1) is 0 Å². The summed E-state index contributed by atoms with van der Waals surface area (Å²) in [4.78, 5) is 15.2. The predicted octanol–water partition coefficient (Wildman–Crippen LogP) is 1.31. The summed E-state index contributed by atoms with van der Waals surface area (Å²) >= 11 is 1.31. The number of benzene rings is 1. The highest BCUT2D eigenvalue weighted by Gasteiger charge is 2.39. The predicted molar refractivity (Wildman–Crippen MR) is 67.6 cm³/mol. The molecule has 0 saturated heterocycles. The Kier molecular flexibility index (Phi) is 2.74. The van der Waals surface area contributed by atoms with Crippen molar-refractivity contribution in [1.29, 1.82) is 0 Å². The van der Waals surface area contributed by atoms with Gasteiger partial charge in [-0.05, 0) is 19.1 Å². The van der Waals surface area contributed by atoms with Crippen LogP contribution in [-0.2, 0) is 4.79 Å². The SMILES string of the molecule is C[C@]1(C(=O)O)CSC(c2cccc(N)c2O)=N1. The maximum Gasteiger partial charge on any atom is 0.332 e. The number of phenols is 1. The minimum atomic E-state index is -1.13. The zero-order valence-corrected chi connectivity index (χ0v) is 9.99. The van der Waals surface area contributed by atoms with Crippen LogP contribution in [0.15, 0.2) is 23.2 Å². The van der Waals surface area contributed by atoms with Crippen molar-refractivity contribution in [2.75, 3.05) is 11.5 Å².